The summed E-state index contributed by atoms with van der Waals surface area (Å²) in [6.45, 7) is 6.68. The van der Waals surface area contributed by atoms with E-state index in [0.29, 0.717) is 6.04 Å². The van der Waals surface area contributed by atoms with E-state index in [9.17, 15) is 0 Å². The molecule has 1 heterocycles. The zero-order chi connectivity index (χ0) is 10.7. The van der Waals surface area contributed by atoms with Gasteiger partial charge in [0.1, 0.15) is 0 Å². The lowest BCUT2D eigenvalue weighted by atomic mass is 9.79. The Labute approximate surface area is 93.8 Å². The first-order valence-corrected chi connectivity index (χ1v) is 6.59. The second kappa shape index (κ2) is 5.31. The van der Waals surface area contributed by atoms with Crippen molar-refractivity contribution in [3.8, 4) is 0 Å². The lowest BCUT2D eigenvalue weighted by Gasteiger charge is -2.37. The molecule has 2 rings (SSSR count). The lowest BCUT2D eigenvalue weighted by Crippen LogP contribution is -2.47. The molecule has 0 spiro atoms. The minimum atomic E-state index is 0.625. The van der Waals surface area contributed by atoms with E-state index < -0.39 is 0 Å². The molecule has 1 aliphatic heterocycles. The summed E-state index contributed by atoms with van der Waals surface area (Å²) in [6.07, 6.45) is 6.69. The summed E-state index contributed by atoms with van der Waals surface area (Å²) in [5, 5.41) is 3.80. The van der Waals surface area contributed by atoms with Crippen LogP contribution in [-0.2, 0) is 4.74 Å². The van der Waals surface area contributed by atoms with Crippen molar-refractivity contribution in [1.29, 1.82) is 0 Å². The van der Waals surface area contributed by atoms with Crippen molar-refractivity contribution in [3.63, 3.8) is 0 Å². The maximum Gasteiger partial charge on any atom is 0.0619 e. The third kappa shape index (κ3) is 3.18. The number of rotatable bonds is 2. The van der Waals surface area contributed by atoms with Gasteiger partial charge in [0.2, 0.25) is 0 Å². The third-order valence-corrected chi connectivity index (χ3v) is 4.04. The minimum absolute atomic E-state index is 0.625. The molecule has 0 amide bonds. The summed E-state index contributed by atoms with van der Waals surface area (Å²) in [5.74, 6) is 1.77. The Morgan fingerprint density at radius 3 is 2.67 bits per heavy atom. The molecular formula is C13H25NO. The molecule has 1 saturated heterocycles. The van der Waals surface area contributed by atoms with E-state index in [0.717, 1.165) is 31.1 Å². The minimum Gasteiger partial charge on any atom is -0.380 e. The zero-order valence-corrected chi connectivity index (χ0v) is 10.2. The van der Waals surface area contributed by atoms with Crippen LogP contribution in [0.4, 0.5) is 0 Å². The van der Waals surface area contributed by atoms with Crippen LogP contribution < -0.4 is 5.32 Å². The van der Waals surface area contributed by atoms with Gasteiger partial charge < -0.3 is 10.1 Å². The average Bonchev–Trinajstić information content (AvgIpc) is 2.24. The van der Waals surface area contributed by atoms with Crippen molar-refractivity contribution < 1.29 is 4.74 Å². The van der Waals surface area contributed by atoms with Gasteiger partial charge in [0.05, 0.1) is 6.61 Å². The van der Waals surface area contributed by atoms with E-state index in [1.807, 2.05) is 0 Å². The van der Waals surface area contributed by atoms with Crippen molar-refractivity contribution in [2.75, 3.05) is 13.2 Å². The Balaban J connectivity index is 1.77. The topological polar surface area (TPSA) is 21.3 Å². The monoisotopic (exact) mass is 211 g/mol. The zero-order valence-electron chi connectivity index (χ0n) is 10.2. The van der Waals surface area contributed by atoms with Crippen LogP contribution in [0.1, 0.15) is 46.0 Å². The molecule has 0 aromatic carbocycles. The van der Waals surface area contributed by atoms with Gasteiger partial charge in [-0.2, -0.15) is 0 Å². The largest absolute Gasteiger partial charge is 0.380 e. The van der Waals surface area contributed by atoms with Gasteiger partial charge in [-0.1, -0.05) is 13.8 Å². The van der Waals surface area contributed by atoms with Gasteiger partial charge in [-0.15, -0.1) is 0 Å². The molecule has 0 radical (unpaired) electrons. The van der Waals surface area contributed by atoms with E-state index in [1.165, 1.54) is 32.1 Å². The van der Waals surface area contributed by atoms with Crippen LogP contribution in [0, 0.1) is 11.8 Å². The molecule has 2 nitrogen and oxygen atoms in total. The summed E-state index contributed by atoms with van der Waals surface area (Å²) in [6, 6.07) is 1.37. The van der Waals surface area contributed by atoms with Crippen LogP contribution in [0.5, 0.6) is 0 Å². The van der Waals surface area contributed by atoms with E-state index in [1.54, 1.807) is 0 Å². The molecule has 0 aromatic rings. The van der Waals surface area contributed by atoms with E-state index in [2.05, 4.69) is 19.2 Å². The van der Waals surface area contributed by atoms with Crippen LogP contribution in [0.2, 0.25) is 0 Å². The fraction of sp³-hybridized carbons (Fsp3) is 1.00. The molecule has 2 aliphatic rings. The highest BCUT2D eigenvalue weighted by atomic mass is 16.5. The van der Waals surface area contributed by atoms with Gasteiger partial charge >= 0.3 is 0 Å². The van der Waals surface area contributed by atoms with Crippen molar-refractivity contribution in [2.45, 2.75) is 58.0 Å². The quantitative estimate of drug-likeness (QED) is 0.758. The molecule has 15 heavy (non-hydrogen) atoms. The first-order chi connectivity index (χ1) is 7.25. The van der Waals surface area contributed by atoms with Crippen LogP contribution in [0.15, 0.2) is 0 Å². The van der Waals surface area contributed by atoms with Crippen molar-refractivity contribution >= 4 is 0 Å². The smallest absolute Gasteiger partial charge is 0.0619 e. The molecule has 0 bridgehead atoms. The van der Waals surface area contributed by atoms with E-state index in [4.69, 9.17) is 4.74 Å². The van der Waals surface area contributed by atoms with Gasteiger partial charge in [0.25, 0.3) is 0 Å². The second-order valence-corrected chi connectivity index (χ2v) is 5.58. The third-order valence-electron chi connectivity index (χ3n) is 4.04. The maximum absolute atomic E-state index is 5.52. The standard InChI is InChI=1S/C13H25NO/c1-10-5-6-13(11(2)8-10)14-12-4-3-7-15-9-12/h10-14H,3-9H2,1-2H3. The fourth-order valence-corrected chi connectivity index (χ4v) is 3.09. The molecule has 1 N–H and O–H groups in total. The number of nitrogens with one attached hydrogen (secondary N) is 1. The van der Waals surface area contributed by atoms with Gasteiger partial charge in [0.15, 0.2) is 0 Å². The summed E-state index contributed by atoms with van der Waals surface area (Å²) in [4.78, 5) is 0. The Bertz CT molecular complexity index is 189. The molecule has 2 heteroatoms. The van der Waals surface area contributed by atoms with Crippen LogP contribution >= 0.6 is 0 Å². The summed E-state index contributed by atoms with van der Waals surface area (Å²) in [5.41, 5.74) is 0. The predicted molar refractivity (Wildman–Crippen MR) is 62.9 cm³/mol. The highest BCUT2D eigenvalue weighted by Crippen LogP contribution is 2.29. The van der Waals surface area contributed by atoms with E-state index >= 15 is 0 Å². The Kier molecular flexibility index (Phi) is 4.04. The van der Waals surface area contributed by atoms with E-state index in [-0.39, 0.29) is 0 Å². The summed E-state index contributed by atoms with van der Waals surface area (Å²) >= 11 is 0. The van der Waals surface area contributed by atoms with Crippen LogP contribution in [0.25, 0.3) is 0 Å². The first kappa shape index (κ1) is 11.4. The van der Waals surface area contributed by atoms with Crippen molar-refractivity contribution in [1.82, 2.24) is 5.32 Å². The predicted octanol–water partition coefficient (Wildman–Crippen LogP) is 2.58. The SMILES string of the molecule is CC1CCC(NC2CCCOC2)C(C)C1. The Morgan fingerprint density at radius 2 is 2.00 bits per heavy atom. The molecule has 1 saturated carbocycles. The second-order valence-electron chi connectivity index (χ2n) is 5.58. The molecule has 1 aliphatic carbocycles. The highest BCUT2D eigenvalue weighted by Gasteiger charge is 2.27. The lowest BCUT2D eigenvalue weighted by molar-refractivity contribution is 0.0587. The molecule has 2 fully saturated rings. The fourth-order valence-electron chi connectivity index (χ4n) is 3.09. The first-order valence-electron chi connectivity index (χ1n) is 6.59. The number of hydrogen-bond acceptors (Lipinski definition) is 2. The van der Waals surface area contributed by atoms with Crippen LogP contribution in [0.3, 0.4) is 0 Å². The van der Waals surface area contributed by atoms with Gasteiger partial charge in [-0.25, -0.2) is 0 Å². The highest BCUT2D eigenvalue weighted by molar-refractivity contribution is 4.84. The number of hydrogen-bond donors (Lipinski definition) is 1. The van der Waals surface area contributed by atoms with Crippen LogP contribution in [-0.4, -0.2) is 25.3 Å². The number of ether oxygens (including phenoxy) is 1. The normalized spacial score (nSPS) is 42.8. The average molecular weight is 211 g/mol. The Morgan fingerprint density at radius 1 is 1.13 bits per heavy atom. The maximum atomic E-state index is 5.52. The Hall–Kier alpha value is -0.0800. The summed E-state index contributed by atoms with van der Waals surface area (Å²) < 4.78 is 5.52. The van der Waals surface area contributed by atoms with Gasteiger partial charge in [0, 0.05) is 18.7 Å². The van der Waals surface area contributed by atoms with Crippen molar-refractivity contribution in [3.05, 3.63) is 0 Å². The van der Waals surface area contributed by atoms with Crippen molar-refractivity contribution in [2.24, 2.45) is 11.8 Å². The molecule has 4 unspecified atom stereocenters. The summed E-state index contributed by atoms with van der Waals surface area (Å²) in [7, 11) is 0. The molecule has 0 aromatic heterocycles. The molecule has 4 atom stereocenters. The molecular weight excluding hydrogens is 186 g/mol. The van der Waals surface area contributed by atoms with Gasteiger partial charge in [-0.3, -0.25) is 0 Å². The van der Waals surface area contributed by atoms with Gasteiger partial charge in [-0.05, 0) is 43.9 Å². The molecule has 88 valence electrons.